The summed E-state index contributed by atoms with van der Waals surface area (Å²) in [4.78, 5) is 23.5. The largest absolute Gasteiger partial charge is 0.481 e. The van der Waals surface area contributed by atoms with Crippen LogP contribution in [0.4, 0.5) is 5.69 Å². The highest BCUT2D eigenvalue weighted by molar-refractivity contribution is 6.33. The SMILES string of the molecule is Cc1cc(C)c(N(CCC(=O)O)C(C)C(=O)O)c(Cl)c1. The van der Waals surface area contributed by atoms with Gasteiger partial charge in [0, 0.05) is 6.54 Å². The number of aryl methyl sites for hydroxylation is 2. The summed E-state index contributed by atoms with van der Waals surface area (Å²) in [6, 6.07) is 2.78. The van der Waals surface area contributed by atoms with Gasteiger partial charge in [0.15, 0.2) is 0 Å². The first kappa shape index (κ1) is 16.3. The highest BCUT2D eigenvalue weighted by Gasteiger charge is 2.24. The number of rotatable bonds is 6. The van der Waals surface area contributed by atoms with Crippen LogP contribution in [0.3, 0.4) is 0 Å². The third kappa shape index (κ3) is 3.87. The Morgan fingerprint density at radius 1 is 1.30 bits per heavy atom. The van der Waals surface area contributed by atoms with Gasteiger partial charge in [-0.1, -0.05) is 17.7 Å². The second-order valence-corrected chi connectivity index (χ2v) is 5.17. The molecule has 0 aliphatic heterocycles. The number of aliphatic carboxylic acids is 2. The van der Waals surface area contributed by atoms with Crippen LogP contribution in [0.5, 0.6) is 0 Å². The third-order valence-corrected chi connectivity index (χ3v) is 3.37. The van der Waals surface area contributed by atoms with E-state index in [1.165, 1.54) is 11.8 Å². The van der Waals surface area contributed by atoms with E-state index >= 15 is 0 Å². The van der Waals surface area contributed by atoms with E-state index in [4.69, 9.17) is 16.7 Å². The summed E-state index contributed by atoms with van der Waals surface area (Å²) in [5.41, 5.74) is 2.37. The summed E-state index contributed by atoms with van der Waals surface area (Å²) in [6.07, 6.45) is -0.152. The van der Waals surface area contributed by atoms with E-state index in [0.29, 0.717) is 10.7 Å². The van der Waals surface area contributed by atoms with Gasteiger partial charge in [-0.3, -0.25) is 4.79 Å². The van der Waals surface area contributed by atoms with Gasteiger partial charge in [0.1, 0.15) is 6.04 Å². The van der Waals surface area contributed by atoms with E-state index in [0.717, 1.165) is 11.1 Å². The van der Waals surface area contributed by atoms with Crippen molar-refractivity contribution in [2.24, 2.45) is 0 Å². The lowest BCUT2D eigenvalue weighted by molar-refractivity contribution is -0.139. The van der Waals surface area contributed by atoms with Crippen molar-refractivity contribution in [3.63, 3.8) is 0 Å². The first-order valence-corrected chi connectivity index (χ1v) is 6.59. The van der Waals surface area contributed by atoms with Gasteiger partial charge in [0.2, 0.25) is 0 Å². The molecule has 1 aromatic rings. The number of carboxylic acid groups (broad SMARTS) is 2. The van der Waals surface area contributed by atoms with Crippen LogP contribution in [0, 0.1) is 13.8 Å². The van der Waals surface area contributed by atoms with Crippen molar-refractivity contribution in [2.45, 2.75) is 33.2 Å². The molecule has 0 aromatic heterocycles. The van der Waals surface area contributed by atoms with Crippen LogP contribution in [-0.4, -0.2) is 34.7 Å². The number of carbonyl (C=O) groups is 2. The molecule has 0 fully saturated rings. The van der Waals surface area contributed by atoms with Gasteiger partial charge in [0.05, 0.1) is 17.1 Å². The van der Waals surface area contributed by atoms with Crippen molar-refractivity contribution in [2.75, 3.05) is 11.4 Å². The zero-order chi connectivity index (χ0) is 15.4. The molecule has 0 saturated heterocycles. The van der Waals surface area contributed by atoms with Gasteiger partial charge in [-0.15, -0.1) is 0 Å². The van der Waals surface area contributed by atoms with Crippen LogP contribution >= 0.6 is 11.6 Å². The van der Waals surface area contributed by atoms with Crippen molar-refractivity contribution in [1.29, 1.82) is 0 Å². The molecule has 0 saturated carbocycles. The number of carboxylic acids is 2. The first-order chi connectivity index (χ1) is 9.23. The molecule has 6 heteroatoms. The van der Waals surface area contributed by atoms with E-state index in [2.05, 4.69) is 0 Å². The molecule has 0 aliphatic rings. The summed E-state index contributed by atoms with van der Waals surface area (Å²) < 4.78 is 0. The molecule has 0 radical (unpaired) electrons. The molecular formula is C14H18ClNO4. The number of hydrogen-bond donors (Lipinski definition) is 2. The zero-order valence-electron chi connectivity index (χ0n) is 11.7. The Balaban J connectivity index is 3.22. The van der Waals surface area contributed by atoms with Crippen molar-refractivity contribution >= 4 is 29.2 Å². The van der Waals surface area contributed by atoms with E-state index in [-0.39, 0.29) is 13.0 Å². The minimum Gasteiger partial charge on any atom is -0.481 e. The predicted octanol–water partition coefficient (Wildman–Crippen LogP) is 2.71. The van der Waals surface area contributed by atoms with Crippen molar-refractivity contribution in [3.05, 3.63) is 28.3 Å². The van der Waals surface area contributed by atoms with Crippen LogP contribution in [0.2, 0.25) is 5.02 Å². The molecule has 1 unspecified atom stereocenters. The minimum atomic E-state index is -1.02. The summed E-state index contributed by atoms with van der Waals surface area (Å²) in [7, 11) is 0. The molecule has 0 spiro atoms. The Hall–Kier alpha value is -1.75. The van der Waals surface area contributed by atoms with Gasteiger partial charge in [-0.25, -0.2) is 4.79 Å². The Bertz CT molecular complexity index is 507. The second-order valence-electron chi connectivity index (χ2n) is 4.76. The smallest absolute Gasteiger partial charge is 0.326 e. The molecular weight excluding hydrogens is 282 g/mol. The average Bonchev–Trinajstić information content (AvgIpc) is 2.30. The zero-order valence-corrected chi connectivity index (χ0v) is 12.4. The molecule has 1 aromatic carbocycles. The summed E-state index contributed by atoms with van der Waals surface area (Å²) in [6.45, 7) is 5.33. The lowest BCUT2D eigenvalue weighted by Crippen LogP contribution is -2.41. The molecule has 5 nitrogen and oxygen atoms in total. The van der Waals surface area contributed by atoms with E-state index in [1.54, 1.807) is 6.07 Å². The molecule has 0 amide bonds. The maximum Gasteiger partial charge on any atom is 0.326 e. The predicted molar refractivity (Wildman–Crippen MR) is 77.6 cm³/mol. The molecule has 0 heterocycles. The van der Waals surface area contributed by atoms with E-state index in [1.807, 2.05) is 19.9 Å². The Labute approximate surface area is 122 Å². The Morgan fingerprint density at radius 2 is 1.90 bits per heavy atom. The number of anilines is 1. The highest BCUT2D eigenvalue weighted by atomic mass is 35.5. The highest BCUT2D eigenvalue weighted by Crippen LogP contribution is 2.32. The quantitative estimate of drug-likeness (QED) is 0.844. The van der Waals surface area contributed by atoms with Gasteiger partial charge in [0.25, 0.3) is 0 Å². The number of benzene rings is 1. The maximum absolute atomic E-state index is 11.2. The number of hydrogen-bond acceptors (Lipinski definition) is 3. The van der Waals surface area contributed by atoms with Crippen molar-refractivity contribution in [1.82, 2.24) is 0 Å². The summed E-state index contributed by atoms with van der Waals surface area (Å²) in [5, 5.41) is 18.4. The second kappa shape index (κ2) is 6.61. The molecule has 2 N–H and O–H groups in total. The van der Waals surface area contributed by atoms with Crippen LogP contribution in [0.1, 0.15) is 24.5 Å². The normalized spacial score (nSPS) is 12.0. The molecule has 0 bridgehead atoms. The van der Waals surface area contributed by atoms with Crippen LogP contribution in [0.15, 0.2) is 12.1 Å². The fourth-order valence-corrected chi connectivity index (χ4v) is 2.55. The third-order valence-electron chi connectivity index (χ3n) is 3.08. The summed E-state index contributed by atoms with van der Waals surface area (Å²) >= 11 is 6.21. The van der Waals surface area contributed by atoms with Crippen LogP contribution < -0.4 is 4.90 Å². The van der Waals surface area contributed by atoms with Crippen LogP contribution in [-0.2, 0) is 9.59 Å². The van der Waals surface area contributed by atoms with E-state index in [9.17, 15) is 14.7 Å². The molecule has 20 heavy (non-hydrogen) atoms. The number of nitrogens with zero attached hydrogens (tertiary/aromatic N) is 1. The molecule has 0 aliphatic carbocycles. The van der Waals surface area contributed by atoms with Crippen molar-refractivity contribution < 1.29 is 19.8 Å². The monoisotopic (exact) mass is 299 g/mol. The first-order valence-electron chi connectivity index (χ1n) is 6.22. The van der Waals surface area contributed by atoms with Gasteiger partial charge in [-0.05, 0) is 38.0 Å². The van der Waals surface area contributed by atoms with Gasteiger partial charge < -0.3 is 15.1 Å². The molecule has 110 valence electrons. The average molecular weight is 300 g/mol. The molecule has 1 rings (SSSR count). The van der Waals surface area contributed by atoms with E-state index < -0.39 is 18.0 Å². The molecule has 1 atom stereocenters. The fraction of sp³-hybridized carbons (Fsp3) is 0.429. The fourth-order valence-electron chi connectivity index (χ4n) is 2.12. The Morgan fingerprint density at radius 3 is 2.35 bits per heavy atom. The number of halogens is 1. The maximum atomic E-state index is 11.2. The minimum absolute atomic E-state index is 0.0897. The van der Waals surface area contributed by atoms with Gasteiger partial charge in [-0.2, -0.15) is 0 Å². The van der Waals surface area contributed by atoms with Crippen LogP contribution in [0.25, 0.3) is 0 Å². The van der Waals surface area contributed by atoms with Gasteiger partial charge >= 0.3 is 11.9 Å². The topological polar surface area (TPSA) is 77.8 Å². The lowest BCUT2D eigenvalue weighted by atomic mass is 10.1. The standard InChI is InChI=1S/C14H18ClNO4/c1-8-6-9(2)13(11(15)7-8)16(5-4-12(17)18)10(3)14(19)20/h6-7,10H,4-5H2,1-3H3,(H,17,18)(H,19,20). The summed E-state index contributed by atoms with van der Waals surface area (Å²) in [5.74, 6) is -2.00. The van der Waals surface area contributed by atoms with Crippen molar-refractivity contribution in [3.8, 4) is 0 Å². The Kier molecular flexibility index (Phi) is 5.39. The lowest BCUT2D eigenvalue weighted by Gasteiger charge is -2.30.